The van der Waals surface area contributed by atoms with Gasteiger partial charge >= 0.3 is 5.97 Å². The number of carbonyl (C=O) groups excluding carboxylic acids is 1. The molecule has 0 saturated heterocycles. The maximum atomic E-state index is 12.5. The quantitative estimate of drug-likeness (QED) is 0.537. The van der Waals surface area contributed by atoms with Crippen LogP contribution in [0.3, 0.4) is 0 Å². The van der Waals surface area contributed by atoms with E-state index in [0.29, 0.717) is 33.4 Å². The SMILES string of the molecule is CS(=O)(=O)c1ccc(Cc2noc(C3CC3)c2OC(=O)c2ccccc2)c(Cl)c1. The Kier molecular flexibility index (Phi) is 5.19. The Morgan fingerprint density at radius 3 is 2.55 bits per heavy atom. The Labute approximate surface area is 173 Å². The number of hydrogen-bond donors (Lipinski definition) is 0. The molecule has 1 heterocycles. The van der Waals surface area contributed by atoms with E-state index in [1.807, 2.05) is 6.07 Å². The molecule has 1 aliphatic carbocycles. The molecule has 150 valence electrons. The van der Waals surface area contributed by atoms with E-state index in [1.54, 1.807) is 30.3 Å². The van der Waals surface area contributed by atoms with Crippen LogP contribution in [0.5, 0.6) is 5.75 Å². The van der Waals surface area contributed by atoms with Crippen LogP contribution in [0, 0.1) is 0 Å². The fourth-order valence-corrected chi connectivity index (χ4v) is 3.92. The topological polar surface area (TPSA) is 86.5 Å². The van der Waals surface area contributed by atoms with E-state index in [2.05, 4.69) is 5.16 Å². The zero-order valence-electron chi connectivity index (χ0n) is 15.6. The van der Waals surface area contributed by atoms with Crippen molar-refractivity contribution in [2.45, 2.75) is 30.1 Å². The highest BCUT2D eigenvalue weighted by atomic mass is 35.5. The molecule has 0 bridgehead atoms. The molecule has 0 atom stereocenters. The molecule has 1 fully saturated rings. The molecule has 29 heavy (non-hydrogen) atoms. The van der Waals surface area contributed by atoms with E-state index < -0.39 is 15.8 Å². The molecular formula is C21H18ClNO5S. The fraction of sp³-hybridized carbons (Fsp3) is 0.238. The molecule has 1 aromatic heterocycles. The number of ether oxygens (including phenoxy) is 1. The Hall–Kier alpha value is -2.64. The highest BCUT2D eigenvalue weighted by Crippen LogP contribution is 2.46. The van der Waals surface area contributed by atoms with Gasteiger partial charge in [0.05, 0.1) is 10.5 Å². The van der Waals surface area contributed by atoms with Gasteiger partial charge in [-0.25, -0.2) is 13.2 Å². The van der Waals surface area contributed by atoms with Crippen molar-refractivity contribution >= 4 is 27.4 Å². The third kappa shape index (κ3) is 4.36. The van der Waals surface area contributed by atoms with Gasteiger partial charge in [0.2, 0.25) is 0 Å². The van der Waals surface area contributed by atoms with Crippen molar-refractivity contribution in [1.29, 1.82) is 0 Å². The Morgan fingerprint density at radius 2 is 1.93 bits per heavy atom. The van der Waals surface area contributed by atoms with E-state index in [4.69, 9.17) is 20.9 Å². The number of esters is 1. The summed E-state index contributed by atoms with van der Waals surface area (Å²) in [7, 11) is -3.36. The minimum atomic E-state index is -3.36. The lowest BCUT2D eigenvalue weighted by molar-refractivity contribution is 0.0730. The van der Waals surface area contributed by atoms with Gasteiger partial charge in [-0.3, -0.25) is 0 Å². The van der Waals surface area contributed by atoms with Crippen molar-refractivity contribution in [2.75, 3.05) is 6.26 Å². The van der Waals surface area contributed by atoms with Gasteiger partial charge in [-0.15, -0.1) is 0 Å². The van der Waals surface area contributed by atoms with Gasteiger partial charge in [0.25, 0.3) is 0 Å². The third-order valence-corrected chi connectivity index (χ3v) is 6.17. The lowest BCUT2D eigenvalue weighted by Crippen LogP contribution is -2.10. The molecule has 0 N–H and O–H groups in total. The van der Waals surface area contributed by atoms with Crippen LogP contribution in [0.4, 0.5) is 0 Å². The van der Waals surface area contributed by atoms with Crippen molar-refractivity contribution < 1.29 is 22.5 Å². The summed E-state index contributed by atoms with van der Waals surface area (Å²) < 4.78 is 34.6. The summed E-state index contributed by atoms with van der Waals surface area (Å²) in [4.78, 5) is 12.7. The molecule has 1 saturated carbocycles. The largest absolute Gasteiger partial charge is 0.417 e. The summed E-state index contributed by atoms with van der Waals surface area (Å²) in [5, 5.41) is 4.40. The van der Waals surface area contributed by atoms with E-state index in [-0.39, 0.29) is 17.2 Å². The predicted molar refractivity (Wildman–Crippen MR) is 107 cm³/mol. The first-order valence-electron chi connectivity index (χ1n) is 9.07. The first kappa shape index (κ1) is 19.7. The minimum Gasteiger partial charge on any atom is -0.417 e. The monoisotopic (exact) mass is 431 g/mol. The van der Waals surface area contributed by atoms with Gasteiger partial charge in [-0.1, -0.05) is 41.0 Å². The molecule has 0 aliphatic heterocycles. The maximum absolute atomic E-state index is 12.5. The van der Waals surface area contributed by atoms with Crippen LogP contribution in [-0.2, 0) is 16.3 Å². The second-order valence-corrected chi connectivity index (χ2v) is 9.48. The Bertz CT molecular complexity index is 1170. The molecular weight excluding hydrogens is 414 g/mol. The minimum absolute atomic E-state index is 0.140. The Balaban J connectivity index is 1.64. The number of aromatic nitrogens is 1. The second-order valence-electron chi connectivity index (χ2n) is 7.05. The average molecular weight is 432 g/mol. The molecule has 4 rings (SSSR count). The van der Waals surface area contributed by atoms with Crippen LogP contribution < -0.4 is 4.74 Å². The zero-order valence-corrected chi connectivity index (χ0v) is 17.2. The molecule has 3 aromatic rings. The first-order chi connectivity index (χ1) is 13.8. The number of hydrogen-bond acceptors (Lipinski definition) is 6. The summed E-state index contributed by atoms with van der Waals surface area (Å²) in [6, 6.07) is 13.2. The normalized spacial score (nSPS) is 14.0. The van der Waals surface area contributed by atoms with Crippen molar-refractivity contribution in [2.24, 2.45) is 0 Å². The molecule has 8 heteroatoms. The van der Waals surface area contributed by atoms with Gasteiger partial charge in [0, 0.05) is 23.6 Å². The van der Waals surface area contributed by atoms with Crippen LogP contribution in [0.25, 0.3) is 0 Å². The van der Waals surface area contributed by atoms with E-state index in [1.165, 1.54) is 12.1 Å². The van der Waals surface area contributed by atoms with Crippen molar-refractivity contribution in [3.05, 3.63) is 76.1 Å². The third-order valence-electron chi connectivity index (χ3n) is 4.70. The van der Waals surface area contributed by atoms with Gasteiger partial charge in [0.1, 0.15) is 5.69 Å². The highest BCUT2D eigenvalue weighted by Gasteiger charge is 2.34. The maximum Gasteiger partial charge on any atom is 0.343 e. The van der Waals surface area contributed by atoms with Crippen LogP contribution >= 0.6 is 11.6 Å². The zero-order chi connectivity index (χ0) is 20.6. The van der Waals surface area contributed by atoms with E-state index >= 15 is 0 Å². The summed E-state index contributed by atoms with van der Waals surface area (Å²) in [5.41, 5.74) is 1.54. The predicted octanol–water partition coefficient (Wildman–Crippen LogP) is 4.42. The van der Waals surface area contributed by atoms with Crippen LogP contribution in [0.1, 0.15) is 46.1 Å². The number of benzene rings is 2. The van der Waals surface area contributed by atoms with Crippen molar-refractivity contribution in [3.63, 3.8) is 0 Å². The lowest BCUT2D eigenvalue weighted by Gasteiger charge is -2.08. The van der Waals surface area contributed by atoms with E-state index in [9.17, 15) is 13.2 Å². The number of carbonyl (C=O) groups is 1. The molecule has 1 aliphatic rings. The van der Waals surface area contributed by atoms with Crippen LogP contribution in [-0.4, -0.2) is 25.8 Å². The number of halogens is 1. The highest BCUT2D eigenvalue weighted by molar-refractivity contribution is 7.90. The number of sulfone groups is 1. The van der Waals surface area contributed by atoms with E-state index in [0.717, 1.165) is 19.1 Å². The first-order valence-corrected chi connectivity index (χ1v) is 11.3. The fourth-order valence-electron chi connectivity index (χ4n) is 2.96. The molecule has 0 radical (unpaired) electrons. The summed E-state index contributed by atoms with van der Waals surface area (Å²) in [6.07, 6.45) is 3.28. The summed E-state index contributed by atoms with van der Waals surface area (Å²) in [6.45, 7) is 0. The molecule has 2 aromatic carbocycles. The molecule has 0 unspecified atom stereocenters. The van der Waals surface area contributed by atoms with Crippen LogP contribution in [0.15, 0.2) is 57.9 Å². The lowest BCUT2D eigenvalue weighted by atomic mass is 10.1. The molecule has 0 amide bonds. The summed E-state index contributed by atoms with van der Waals surface area (Å²) >= 11 is 6.29. The Morgan fingerprint density at radius 1 is 1.21 bits per heavy atom. The van der Waals surface area contributed by atoms with Gasteiger partial charge in [0.15, 0.2) is 21.3 Å². The van der Waals surface area contributed by atoms with Crippen LogP contribution in [0.2, 0.25) is 5.02 Å². The van der Waals surface area contributed by atoms with Crippen molar-refractivity contribution in [1.82, 2.24) is 5.16 Å². The number of nitrogens with zero attached hydrogens (tertiary/aromatic N) is 1. The van der Waals surface area contributed by atoms with Gasteiger partial charge < -0.3 is 9.26 Å². The summed E-state index contributed by atoms with van der Waals surface area (Å²) in [5.74, 6) is 0.589. The molecule has 6 nitrogen and oxygen atoms in total. The standard InChI is InChI=1S/C21H18ClNO5S/c1-29(25,26)16-10-9-15(17(22)12-16)11-18-20(19(28-23-18)13-7-8-13)27-21(24)14-5-3-2-4-6-14/h2-6,9-10,12-13H,7-8,11H2,1H3. The number of rotatable bonds is 6. The van der Waals surface area contributed by atoms with Gasteiger partial charge in [-0.2, -0.15) is 0 Å². The van der Waals surface area contributed by atoms with Gasteiger partial charge in [-0.05, 0) is 42.7 Å². The second kappa shape index (κ2) is 7.65. The molecule has 0 spiro atoms. The smallest absolute Gasteiger partial charge is 0.343 e. The van der Waals surface area contributed by atoms with Crippen molar-refractivity contribution in [3.8, 4) is 5.75 Å². The average Bonchev–Trinajstić information content (AvgIpc) is 3.46.